The third kappa shape index (κ3) is 3.00. The summed E-state index contributed by atoms with van der Waals surface area (Å²) in [5.74, 6) is 0.740. The Morgan fingerprint density at radius 3 is 2.23 bits per heavy atom. The van der Waals surface area contributed by atoms with Crippen molar-refractivity contribution < 1.29 is 4.74 Å². The summed E-state index contributed by atoms with van der Waals surface area (Å²) in [6, 6.07) is 27.6. The van der Waals surface area contributed by atoms with Crippen molar-refractivity contribution in [3.05, 3.63) is 101 Å². The molecule has 26 heavy (non-hydrogen) atoms. The summed E-state index contributed by atoms with van der Waals surface area (Å²) in [4.78, 5) is 12.7. The molecule has 1 heterocycles. The second kappa shape index (κ2) is 6.89. The van der Waals surface area contributed by atoms with Crippen LogP contribution in [-0.4, -0.2) is 11.7 Å². The van der Waals surface area contributed by atoms with Crippen LogP contribution in [0.25, 0.3) is 22.2 Å². The van der Waals surface area contributed by atoms with E-state index in [1.165, 1.54) is 5.56 Å². The molecule has 128 valence electrons. The molecule has 3 heteroatoms. The fourth-order valence-electron chi connectivity index (χ4n) is 3.26. The average molecular weight is 341 g/mol. The van der Waals surface area contributed by atoms with E-state index in [0.717, 1.165) is 22.5 Å². The topological polar surface area (TPSA) is 31.2 Å². The number of hydrogen-bond acceptors (Lipinski definition) is 2. The average Bonchev–Trinajstić information content (AvgIpc) is 2.71. The molecule has 0 amide bonds. The molecule has 0 spiro atoms. The maximum atomic E-state index is 12.7. The Morgan fingerprint density at radius 2 is 1.54 bits per heavy atom. The van der Waals surface area contributed by atoms with Crippen LogP contribution < -0.4 is 10.2 Å². The molecular weight excluding hydrogens is 322 g/mol. The summed E-state index contributed by atoms with van der Waals surface area (Å²) in [5.41, 5.74) is 3.99. The van der Waals surface area contributed by atoms with Crippen molar-refractivity contribution in [3.63, 3.8) is 0 Å². The number of fused-ring (bicyclic) bond motifs is 1. The van der Waals surface area contributed by atoms with Crippen LogP contribution in [-0.2, 0) is 6.54 Å². The number of benzene rings is 3. The number of nitrogens with zero attached hydrogens (tertiary/aromatic N) is 1. The van der Waals surface area contributed by atoms with E-state index in [0.29, 0.717) is 11.9 Å². The van der Waals surface area contributed by atoms with E-state index in [1.54, 1.807) is 13.2 Å². The van der Waals surface area contributed by atoms with E-state index in [1.807, 2.05) is 66.7 Å². The van der Waals surface area contributed by atoms with Gasteiger partial charge in [-0.2, -0.15) is 0 Å². The van der Waals surface area contributed by atoms with Crippen LogP contribution >= 0.6 is 0 Å². The van der Waals surface area contributed by atoms with E-state index in [-0.39, 0.29) is 5.43 Å². The van der Waals surface area contributed by atoms with Gasteiger partial charge >= 0.3 is 0 Å². The number of methoxy groups -OCH3 is 1. The van der Waals surface area contributed by atoms with Crippen molar-refractivity contribution in [2.24, 2.45) is 0 Å². The van der Waals surface area contributed by atoms with Crippen LogP contribution in [0.5, 0.6) is 5.75 Å². The van der Waals surface area contributed by atoms with Crippen LogP contribution in [0, 0.1) is 0 Å². The van der Waals surface area contributed by atoms with E-state index in [9.17, 15) is 4.79 Å². The number of ether oxygens (including phenoxy) is 1. The second-order valence-corrected chi connectivity index (χ2v) is 6.21. The molecular formula is C23H19NO2. The predicted octanol–water partition coefficient (Wildman–Crippen LogP) is 4.73. The summed E-state index contributed by atoms with van der Waals surface area (Å²) >= 11 is 0. The highest BCUT2D eigenvalue weighted by molar-refractivity contribution is 5.84. The van der Waals surface area contributed by atoms with Gasteiger partial charge in [-0.3, -0.25) is 4.79 Å². The van der Waals surface area contributed by atoms with Gasteiger partial charge < -0.3 is 9.30 Å². The van der Waals surface area contributed by atoms with Gasteiger partial charge in [-0.1, -0.05) is 60.7 Å². The van der Waals surface area contributed by atoms with Gasteiger partial charge in [0.2, 0.25) is 0 Å². The van der Waals surface area contributed by atoms with Gasteiger partial charge in [0.15, 0.2) is 5.43 Å². The normalized spacial score (nSPS) is 10.8. The summed E-state index contributed by atoms with van der Waals surface area (Å²) in [6.07, 6.45) is 0. The van der Waals surface area contributed by atoms with Crippen molar-refractivity contribution in [2.45, 2.75) is 6.54 Å². The fraction of sp³-hybridized carbons (Fsp3) is 0.0870. The predicted molar refractivity (Wildman–Crippen MR) is 106 cm³/mol. The van der Waals surface area contributed by atoms with Gasteiger partial charge in [-0.15, -0.1) is 0 Å². The van der Waals surface area contributed by atoms with Crippen LogP contribution in [0.4, 0.5) is 0 Å². The zero-order chi connectivity index (χ0) is 17.9. The largest absolute Gasteiger partial charge is 0.497 e. The Labute approximate surface area is 152 Å². The minimum atomic E-state index is 0.0193. The number of pyridine rings is 1. The summed E-state index contributed by atoms with van der Waals surface area (Å²) in [6.45, 7) is 0.676. The quantitative estimate of drug-likeness (QED) is 0.537. The lowest BCUT2D eigenvalue weighted by Crippen LogP contribution is -2.13. The molecule has 0 bridgehead atoms. The van der Waals surface area contributed by atoms with E-state index < -0.39 is 0 Å². The lowest BCUT2D eigenvalue weighted by Gasteiger charge is -2.18. The fourth-order valence-corrected chi connectivity index (χ4v) is 3.26. The molecule has 0 unspecified atom stereocenters. The zero-order valence-corrected chi connectivity index (χ0v) is 14.6. The highest BCUT2D eigenvalue weighted by atomic mass is 16.5. The first-order valence-electron chi connectivity index (χ1n) is 8.57. The Morgan fingerprint density at radius 1 is 0.846 bits per heavy atom. The minimum Gasteiger partial charge on any atom is -0.497 e. The van der Waals surface area contributed by atoms with E-state index >= 15 is 0 Å². The number of aromatic nitrogens is 1. The van der Waals surface area contributed by atoms with Gasteiger partial charge in [0.05, 0.1) is 18.3 Å². The van der Waals surface area contributed by atoms with Crippen LogP contribution in [0.15, 0.2) is 89.7 Å². The SMILES string of the molecule is COc1ccc2c(=O)cc(-c3ccccc3)n(Cc3ccccc3)c2c1. The molecule has 1 aromatic heterocycles. The molecule has 0 atom stereocenters. The van der Waals surface area contributed by atoms with E-state index in [4.69, 9.17) is 4.74 Å². The number of rotatable bonds is 4. The van der Waals surface area contributed by atoms with Gasteiger partial charge in [0.1, 0.15) is 5.75 Å². The molecule has 0 aliphatic rings. The van der Waals surface area contributed by atoms with Gasteiger partial charge in [0, 0.05) is 24.1 Å². The van der Waals surface area contributed by atoms with Gasteiger partial charge in [-0.05, 0) is 23.3 Å². The van der Waals surface area contributed by atoms with Gasteiger partial charge in [-0.25, -0.2) is 0 Å². The second-order valence-electron chi connectivity index (χ2n) is 6.21. The molecule has 0 aliphatic heterocycles. The standard InChI is InChI=1S/C23H19NO2/c1-26-19-12-13-20-22(14-19)24(16-17-8-4-2-5-9-17)21(15-23(20)25)18-10-6-3-7-11-18/h2-15H,16H2,1H3. The molecule has 4 aromatic rings. The van der Waals surface area contributed by atoms with Crippen LogP contribution in [0.2, 0.25) is 0 Å². The molecule has 0 radical (unpaired) electrons. The first kappa shape index (κ1) is 16.2. The van der Waals surface area contributed by atoms with Crippen molar-refractivity contribution in [1.82, 2.24) is 4.57 Å². The molecule has 3 aromatic carbocycles. The Hall–Kier alpha value is -3.33. The third-order valence-corrected chi connectivity index (χ3v) is 4.57. The Balaban J connectivity index is 2.02. The highest BCUT2D eigenvalue weighted by Crippen LogP contribution is 2.26. The highest BCUT2D eigenvalue weighted by Gasteiger charge is 2.12. The number of hydrogen-bond donors (Lipinski definition) is 0. The maximum absolute atomic E-state index is 12.7. The van der Waals surface area contributed by atoms with Gasteiger partial charge in [0.25, 0.3) is 0 Å². The molecule has 0 N–H and O–H groups in total. The summed E-state index contributed by atoms with van der Waals surface area (Å²) < 4.78 is 7.58. The molecule has 3 nitrogen and oxygen atoms in total. The van der Waals surface area contributed by atoms with E-state index in [2.05, 4.69) is 16.7 Å². The lowest BCUT2D eigenvalue weighted by molar-refractivity contribution is 0.415. The van der Waals surface area contributed by atoms with Crippen LogP contribution in [0.1, 0.15) is 5.56 Å². The Kier molecular flexibility index (Phi) is 4.28. The minimum absolute atomic E-state index is 0.0193. The first-order valence-corrected chi connectivity index (χ1v) is 8.57. The lowest BCUT2D eigenvalue weighted by atomic mass is 10.1. The zero-order valence-electron chi connectivity index (χ0n) is 14.6. The van der Waals surface area contributed by atoms with Crippen molar-refractivity contribution >= 4 is 10.9 Å². The van der Waals surface area contributed by atoms with Crippen molar-refractivity contribution in [3.8, 4) is 17.0 Å². The molecule has 0 fully saturated rings. The summed E-state index contributed by atoms with van der Waals surface area (Å²) in [5, 5.41) is 0.696. The smallest absolute Gasteiger partial charge is 0.190 e. The molecule has 4 rings (SSSR count). The first-order chi connectivity index (χ1) is 12.8. The molecule has 0 saturated carbocycles. The Bertz CT molecular complexity index is 1100. The van der Waals surface area contributed by atoms with Crippen LogP contribution in [0.3, 0.4) is 0 Å². The third-order valence-electron chi connectivity index (χ3n) is 4.57. The van der Waals surface area contributed by atoms with Crippen molar-refractivity contribution in [2.75, 3.05) is 7.11 Å². The maximum Gasteiger partial charge on any atom is 0.190 e. The molecule has 0 aliphatic carbocycles. The van der Waals surface area contributed by atoms with Crippen molar-refractivity contribution in [1.29, 1.82) is 0 Å². The molecule has 0 saturated heterocycles. The summed E-state index contributed by atoms with van der Waals surface area (Å²) in [7, 11) is 1.64. The monoisotopic (exact) mass is 341 g/mol.